The summed E-state index contributed by atoms with van der Waals surface area (Å²) in [5.41, 5.74) is 16.8. The van der Waals surface area contributed by atoms with Gasteiger partial charge in [-0.25, -0.2) is 0 Å². The third-order valence-corrected chi connectivity index (χ3v) is 14.0. The van der Waals surface area contributed by atoms with Crippen LogP contribution < -0.4 is 4.90 Å². The fourth-order valence-electron chi connectivity index (χ4n) is 11.4. The van der Waals surface area contributed by atoms with Crippen LogP contribution in [-0.2, 0) is 0 Å². The van der Waals surface area contributed by atoms with Gasteiger partial charge in [0, 0.05) is 76.6 Å². The number of benzene rings is 10. The highest BCUT2D eigenvalue weighted by molar-refractivity contribution is 6.26. The molecule has 0 aliphatic carbocycles. The highest BCUT2D eigenvalue weighted by atomic mass is 15.1. The van der Waals surface area contributed by atoms with Crippen molar-refractivity contribution in [2.24, 2.45) is 0 Å². The highest BCUT2D eigenvalue weighted by Gasteiger charge is 2.25. The number of hydrogen-bond acceptors (Lipinski definition) is 1. The molecule has 15 rings (SSSR count). The quantitative estimate of drug-likeness (QED) is 0.169. The lowest BCUT2D eigenvalue weighted by molar-refractivity contribution is 1.17. The summed E-state index contributed by atoms with van der Waals surface area (Å²) in [6.07, 6.45) is 0. The molecule has 0 spiro atoms. The smallest absolute Gasteiger partial charge is 0.0622 e. The van der Waals surface area contributed by atoms with Crippen LogP contribution in [0.5, 0.6) is 0 Å². The van der Waals surface area contributed by atoms with Gasteiger partial charge in [0.25, 0.3) is 0 Å². The van der Waals surface area contributed by atoms with Crippen molar-refractivity contribution in [3.63, 3.8) is 0 Å². The van der Waals surface area contributed by atoms with Gasteiger partial charge in [-0.2, -0.15) is 0 Å². The predicted molar refractivity (Wildman–Crippen MR) is 270 cm³/mol. The van der Waals surface area contributed by atoms with Gasteiger partial charge in [-0.1, -0.05) is 127 Å². The van der Waals surface area contributed by atoms with E-state index in [1.54, 1.807) is 0 Å². The summed E-state index contributed by atoms with van der Waals surface area (Å²) >= 11 is 0. The molecule has 0 saturated heterocycles. The molecule has 0 unspecified atom stereocenters. The molecular formula is C60H36N4. The maximum Gasteiger partial charge on any atom is 0.0622 e. The Balaban J connectivity index is 0.998. The van der Waals surface area contributed by atoms with Crippen molar-refractivity contribution in [1.29, 1.82) is 0 Å². The predicted octanol–water partition coefficient (Wildman–Crippen LogP) is 16.2. The molecule has 5 heterocycles. The Bertz CT molecular complexity index is 4010. The van der Waals surface area contributed by atoms with Crippen LogP contribution in [0.15, 0.2) is 218 Å². The van der Waals surface area contributed by atoms with Crippen molar-refractivity contribution in [2.45, 2.75) is 0 Å². The first-order chi connectivity index (χ1) is 31.8. The van der Waals surface area contributed by atoms with Gasteiger partial charge in [0.05, 0.1) is 44.1 Å². The van der Waals surface area contributed by atoms with Crippen molar-refractivity contribution >= 4 is 115 Å². The summed E-state index contributed by atoms with van der Waals surface area (Å²) in [5.74, 6) is 0. The lowest BCUT2D eigenvalue weighted by Gasteiger charge is -2.26. The molecule has 10 aromatic carbocycles. The van der Waals surface area contributed by atoms with E-state index in [4.69, 9.17) is 0 Å². The molecule has 0 amide bonds. The van der Waals surface area contributed by atoms with Crippen LogP contribution in [0.4, 0.5) is 17.1 Å². The molecule has 0 atom stereocenters. The van der Waals surface area contributed by atoms with E-state index in [2.05, 4.69) is 237 Å². The van der Waals surface area contributed by atoms with Gasteiger partial charge >= 0.3 is 0 Å². The lowest BCUT2D eigenvalue weighted by Crippen LogP contribution is -2.10. The Morgan fingerprint density at radius 1 is 0.250 bits per heavy atom. The Morgan fingerprint density at radius 3 is 1.11 bits per heavy atom. The Hall–Kier alpha value is -8.60. The summed E-state index contributed by atoms with van der Waals surface area (Å²) in [6.45, 7) is 0. The van der Waals surface area contributed by atoms with Crippen molar-refractivity contribution < 1.29 is 0 Å². The fourth-order valence-corrected chi connectivity index (χ4v) is 11.4. The average Bonchev–Trinajstić information content (AvgIpc) is 4.15. The topological polar surface area (TPSA) is 17.0 Å². The number of nitrogens with zero attached hydrogens (tertiary/aromatic N) is 4. The number of rotatable bonds is 5. The van der Waals surface area contributed by atoms with Crippen LogP contribution in [0, 0.1) is 0 Å². The van der Waals surface area contributed by atoms with Crippen LogP contribution >= 0.6 is 0 Å². The number of hydrogen-bond donors (Lipinski definition) is 0. The van der Waals surface area contributed by atoms with E-state index in [1.807, 2.05) is 0 Å². The molecule has 0 radical (unpaired) electrons. The van der Waals surface area contributed by atoms with E-state index < -0.39 is 0 Å². The molecule has 4 heteroatoms. The third kappa shape index (κ3) is 4.46. The maximum absolute atomic E-state index is 2.49. The molecule has 0 bridgehead atoms. The summed E-state index contributed by atoms with van der Waals surface area (Å²) in [5, 5.41) is 12.6. The van der Waals surface area contributed by atoms with Crippen LogP contribution in [-0.4, -0.2) is 13.4 Å². The van der Waals surface area contributed by atoms with Gasteiger partial charge in [-0.3, -0.25) is 0 Å². The van der Waals surface area contributed by atoms with Crippen molar-refractivity contribution in [3.8, 4) is 16.8 Å². The van der Waals surface area contributed by atoms with E-state index in [0.29, 0.717) is 0 Å². The molecule has 0 saturated carbocycles. The molecule has 4 nitrogen and oxygen atoms in total. The van der Waals surface area contributed by atoms with Crippen LogP contribution in [0.2, 0.25) is 0 Å². The molecule has 0 fully saturated rings. The molecule has 0 aliphatic heterocycles. The second-order valence-electron chi connectivity index (χ2n) is 17.3. The van der Waals surface area contributed by atoms with Crippen LogP contribution in [0.1, 0.15) is 0 Å². The number of anilines is 3. The minimum absolute atomic E-state index is 1.10. The van der Waals surface area contributed by atoms with E-state index in [9.17, 15) is 0 Å². The SMILES string of the molecule is c1ccc(-c2ccc3c(c2)c2ccccc2n3-c2ccc(N(c3cc4c5ccccc5n5c6ccccc6c(c3)c45)c3cc4c5ccccc5n5c6ccccc6c(c3)c45)cc2)cc1. The Labute approximate surface area is 366 Å². The first kappa shape index (κ1) is 34.0. The first-order valence-electron chi connectivity index (χ1n) is 22.1. The van der Waals surface area contributed by atoms with Gasteiger partial charge in [0.2, 0.25) is 0 Å². The second kappa shape index (κ2) is 12.5. The average molecular weight is 813 g/mol. The van der Waals surface area contributed by atoms with Crippen LogP contribution in [0.3, 0.4) is 0 Å². The summed E-state index contributed by atoms with van der Waals surface area (Å²) in [6, 6.07) is 80.8. The largest absolute Gasteiger partial charge is 0.310 e. The van der Waals surface area contributed by atoms with Gasteiger partial charge < -0.3 is 18.3 Å². The molecule has 0 N–H and O–H groups in total. The summed E-state index contributed by atoms with van der Waals surface area (Å²) < 4.78 is 7.35. The van der Waals surface area contributed by atoms with E-state index in [0.717, 1.165) is 22.7 Å². The number of para-hydroxylation sites is 5. The zero-order chi connectivity index (χ0) is 41.6. The zero-order valence-corrected chi connectivity index (χ0v) is 34.6. The van der Waals surface area contributed by atoms with Gasteiger partial charge in [0.15, 0.2) is 0 Å². The number of fused-ring (bicyclic) bond motifs is 15. The van der Waals surface area contributed by atoms with E-state index in [-0.39, 0.29) is 0 Å². The Kier molecular flexibility index (Phi) is 6.65. The molecule has 296 valence electrons. The molecular weight excluding hydrogens is 777 g/mol. The van der Waals surface area contributed by atoms with Crippen molar-refractivity contribution in [2.75, 3.05) is 4.90 Å². The zero-order valence-electron chi connectivity index (χ0n) is 34.6. The first-order valence-corrected chi connectivity index (χ1v) is 22.1. The fraction of sp³-hybridized carbons (Fsp3) is 0. The van der Waals surface area contributed by atoms with E-state index >= 15 is 0 Å². The minimum atomic E-state index is 1.10. The van der Waals surface area contributed by atoms with Crippen molar-refractivity contribution in [3.05, 3.63) is 218 Å². The molecule has 5 aromatic heterocycles. The molecule has 15 aromatic rings. The van der Waals surface area contributed by atoms with Crippen molar-refractivity contribution in [1.82, 2.24) is 13.4 Å². The Morgan fingerprint density at radius 2 is 0.641 bits per heavy atom. The van der Waals surface area contributed by atoms with Gasteiger partial charge in [-0.05, 0) is 102 Å². The standard InChI is InChI=1S/C60H36N4/c1-2-14-37(15-3-1)38-26-31-58-48(32-38)43-16-4-9-21-53(43)62(58)40-29-27-39(28-30-40)61(41-33-49-44-17-5-10-22-54(44)63-55-23-11-6-18-45(55)50(34-41)59(49)63)42-35-51-46-19-7-12-24-56(46)64-57-25-13-8-20-47(57)52(36-42)60(51)64/h1-36H. The summed E-state index contributed by atoms with van der Waals surface area (Å²) in [7, 11) is 0. The lowest BCUT2D eigenvalue weighted by atomic mass is 10.0. The van der Waals surface area contributed by atoms with E-state index in [1.165, 1.54) is 109 Å². The molecule has 0 aliphatic rings. The minimum Gasteiger partial charge on any atom is -0.310 e. The van der Waals surface area contributed by atoms with Gasteiger partial charge in [-0.15, -0.1) is 0 Å². The monoisotopic (exact) mass is 812 g/mol. The normalized spacial score (nSPS) is 12.4. The highest BCUT2D eigenvalue weighted by Crippen LogP contribution is 2.48. The molecule has 64 heavy (non-hydrogen) atoms. The maximum atomic E-state index is 2.49. The second-order valence-corrected chi connectivity index (χ2v) is 17.3. The third-order valence-electron chi connectivity index (χ3n) is 14.0. The van der Waals surface area contributed by atoms with Crippen LogP contribution in [0.25, 0.3) is 115 Å². The number of aromatic nitrogens is 3. The summed E-state index contributed by atoms with van der Waals surface area (Å²) in [4.78, 5) is 2.49. The van der Waals surface area contributed by atoms with Gasteiger partial charge in [0.1, 0.15) is 0 Å².